The molecular formula is C27H38N2O3. The summed E-state index contributed by atoms with van der Waals surface area (Å²) >= 11 is 0. The van der Waals surface area contributed by atoms with Crippen molar-refractivity contribution in [1.29, 1.82) is 0 Å². The number of ether oxygens (including phenoxy) is 2. The van der Waals surface area contributed by atoms with E-state index in [0.717, 1.165) is 51.2 Å². The van der Waals surface area contributed by atoms with Crippen molar-refractivity contribution in [1.82, 2.24) is 4.90 Å². The Morgan fingerprint density at radius 2 is 2.16 bits per heavy atom. The summed E-state index contributed by atoms with van der Waals surface area (Å²) in [5, 5.41) is 0. The Balaban J connectivity index is 1.25. The van der Waals surface area contributed by atoms with Crippen LogP contribution >= 0.6 is 0 Å². The second-order valence-corrected chi connectivity index (χ2v) is 10.9. The molecule has 0 amide bonds. The Labute approximate surface area is 192 Å². The summed E-state index contributed by atoms with van der Waals surface area (Å²) in [7, 11) is 1.71. The maximum Gasteiger partial charge on any atom is 0.310 e. The van der Waals surface area contributed by atoms with Crippen LogP contribution in [0.5, 0.6) is 5.75 Å². The van der Waals surface area contributed by atoms with Crippen LogP contribution in [-0.4, -0.2) is 56.3 Å². The number of methoxy groups -OCH3 is 1. The zero-order chi connectivity index (χ0) is 22.5. The van der Waals surface area contributed by atoms with Gasteiger partial charge >= 0.3 is 5.97 Å². The normalized spacial score (nSPS) is 37.6. The predicted octanol–water partition coefficient (Wildman–Crippen LogP) is 4.52. The quantitative estimate of drug-likeness (QED) is 0.511. The minimum Gasteiger partial charge on any atom is -0.497 e. The number of esters is 1. The summed E-state index contributed by atoms with van der Waals surface area (Å²) in [4.78, 5) is 17.9. The van der Waals surface area contributed by atoms with Gasteiger partial charge in [-0.25, -0.2) is 0 Å². The maximum atomic E-state index is 12.9. The first kappa shape index (κ1) is 21.8. The molecule has 2 aliphatic heterocycles. The van der Waals surface area contributed by atoms with Crippen LogP contribution in [0, 0.1) is 23.2 Å². The largest absolute Gasteiger partial charge is 0.497 e. The van der Waals surface area contributed by atoms with Gasteiger partial charge in [0.2, 0.25) is 0 Å². The minimum atomic E-state index is 0.00912. The van der Waals surface area contributed by atoms with Crippen LogP contribution in [-0.2, 0) is 9.53 Å². The van der Waals surface area contributed by atoms with Crippen LogP contribution in [0.4, 0.5) is 5.69 Å². The van der Waals surface area contributed by atoms with Gasteiger partial charge in [0.1, 0.15) is 11.9 Å². The molecule has 174 valence electrons. The molecule has 5 rings (SSSR count). The lowest BCUT2D eigenvalue weighted by atomic mass is 9.55. The molecule has 0 aromatic heterocycles. The third-order valence-electron chi connectivity index (χ3n) is 8.87. The molecule has 0 radical (unpaired) electrons. The Morgan fingerprint density at radius 1 is 1.31 bits per heavy atom. The van der Waals surface area contributed by atoms with Gasteiger partial charge in [-0.2, -0.15) is 0 Å². The second-order valence-electron chi connectivity index (χ2n) is 10.9. The molecule has 0 N–H and O–H groups in total. The van der Waals surface area contributed by atoms with Crippen molar-refractivity contribution in [2.24, 2.45) is 23.2 Å². The molecule has 2 saturated heterocycles. The molecule has 6 atom stereocenters. The second kappa shape index (κ2) is 8.40. The van der Waals surface area contributed by atoms with Crippen molar-refractivity contribution in [2.75, 3.05) is 38.2 Å². The predicted molar refractivity (Wildman–Crippen MR) is 127 cm³/mol. The number of fused-ring (bicyclic) bond motifs is 2. The minimum absolute atomic E-state index is 0.00912. The summed E-state index contributed by atoms with van der Waals surface area (Å²) in [5.74, 6) is 1.84. The highest BCUT2D eigenvalue weighted by molar-refractivity contribution is 5.75. The van der Waals surface area contributed by atoms with E-state index in [9.17, 15) is 4.79 Å². The number of carbonyl (C=O) groups is 1. The molecule has 5 heteroatoms. The average molecular weight is 439 g/mol. The lowest BCUT2D eigenvalue weighted by Gasteiger charge is -2.50. The molecule has 4 aliphatic rings. The molecule has 32 heavy (non-hydrogen) atoms. The number of hydrogen-bond donors (Lipinski definition) is 0. The third kappa shape index (κ3) is 3.83. The lowest BCUT2D eigenvalue weighted by molar-refractivity contribution is -0.146. The summed E-state index contributed by atoms with van der Waals surface area (Å²) in [6, 6.07) is 8.70. The molecule has 1 aromatic rings. The van der Waals surface area contributed by atoms with Gasteiger partial charge in [0, 0.05) is 49.9 Å². The highest BCUT2D eigenvalue weighted by atomic mass is 16.6. The molecule has 4 fully saturated rings. The van der Waals surface area contributed by atoms with Crippen LogP contribution in [0.2, 0.25) is 0 Å². The molecule has 1 aromatic carbocycles. The van der Waals surface area contributed by atoms with Crippen molar-refractivity contribution in [2.45, 2.75) is 58.1 Å². The number of anilines is 1. The van der Waals surface area contributed by atoms with E-state index in [0.29, 0.717) is 17.9 Å². The van der Waals surface area contributed by atoms with E-state index in [1.165, 1.54) is 24.1 Å². The van der Waals surface area contributed by atoms with Crippen LogP contribution in [0.15, 0.2) is 36.4 Å². The van der Waals surface area contributed by atoms with Gasteiger partial charge in [-0.05, 0) is 62.5 Å². The molecule has 0 spiro atoms. The van der Waals surface area contributed by atoms with Gasteiger partial charge < -0.3 is 14.4 Å². The summed E-state index contributed by atoms with van der Waals surface area (Å²) in [5.41, 5.74) is 2.89. The first-order valence-corrected chi connectivity index (χ1v) is 12.4. The molecule has 0 bridgehead atoms. The summed E-state index contributed by atoms with van der Waals surface area (Å²) in [6.07, 6.45) is 5.83. The molecular weight excluding hydrogens is 400 g/mol. The van der Waals surface area contributed by atoms with Crippen molar-refractivity contribution < 1.29 is 14.3 Å². The van der Waals surface area contributed by atoms with Gasteiger partial charge in [-0.1, -0.05) is 25.1 Å². The van der Waals surface area contributed by atoms with Crippen molar-refractivity contribution in [3.05, 3.63) is 36.4 Å². The zero-order valence-corrected chi connectivity index (χ0v) is 19.9. The highest BCUT2D eigenvalue weighted by Gasteiger charge is 2.55. The van der Waals surface area contributed by atoms with Crippen LogP contribution in [0.25, 0.3) is 0 Å². The van der Waals surface area contributed by atoms with Gasteiger partial charge in [0.25, 0.3) is 0 Å². The van der Waals surface area contributed by atoms with Gasteiger partial charge in [0.05, 0.1) is 13.0 Å². The topological polar surface area (TPSA) is 42.0 Å². The number of hydrogen-bond acceptors (Lipinski definition) is 5. The van der Waals surface area contributed by atoms with Gasteiger partial charge in [-0.15, -0.1) is 0 Å². The van der Waals surface area contributed by atoms with E-state index >= 15 is 0 Å². The first-order valence-electron chi connectivity index (χ1n) is 12.4. The summed E-state index contributed by atoms with van der Waals surface area (Å²) in [6.45, 7) is 12.8. The Kier molecular flexibility index (Phi) is 5.73. The molecule has 2 saturated carbocycles. The zero-order valence-electron chi connectivity index (χ0n) is 19.9. The number of piperazine rings is 1. The van der Waals surface area contributed by atoms with Gasteiger partial charge in [0.15, 0.2) is 0 Å². The number of carbonyl (C=O) groups excluding carboxylic acids is 1. The van der Waals surface area contributed by atoms with Crippen LogP contribution in [0.1, 0.15) is 46.0 Å². The SMILES string of the molecule is C=C1CCCC2(C)CC3OC(=O)C(CN4CCN(c5cccc(OC)c5)C(C)C4)C3CC12. The smallest absolute Gasteiger partial charge is 0.310 e. The fraction of sp³-hybridized carbons (Fsp3) is 0.667. The van der Waals surface area contributed by atoms with E-state index in [1.807, 2.05) is 6.07 Å². The number of benzene rings is 1. The van der Waals surface area contributed by atoms with E-state index in [2.05, 4.69) is 48.4 Å². The highest BCUT2D eigenvalue weighted by Crippen LogP contribution is 2.57. The van der Waals surface area contributed by atoms with Gasteiger partial charge in [-0.3, -0.25) is 9.69 Å². The molecule has 6 unspecified atom stereocenters. The summed E-state index contributed by atoms with van der Waals surface area (Å²) < 4.78 is 11.4. The monoisotopic (exact) mass is 438 g/mol. The van der Waals surface area contributed by atoms with E-state index in [1.54, 1.807) is 7.11 Å². The van der Waals surface area contributed by atoms with E-state index < -0.39 is 0 Å². The lowest BCUT2D eigenvalue weighted by Crippen LogP contribution is -2.54. The number of nitrogens with zero attached hydrogens (tertiary/aromatic N) is 2. The van der Waals surface area contributed by atoms with Crippen LogP contribution in [0.3, 0.4) is 0 Å². The first-order chi connectivity index (χ1) is 15.4. The van der Waals surface area contributed by atoms with E-state index in [-0.39, 0.29) is 23.4 Å². The van der Waals surface area contributed by atoms with E-state index in [4.69, 9.17) is 9.47 Å². The standard InChI is InChI=1S/C27H38N2O3/c1-18-7-6-10-27(3)15-25-22(14-24(18)27)23(26(30)32-25)17-28-11-12-29(19(2)16-28)20-8-5-9-21(13-20)31-4/h5,8-9,13,19,22-25H,1,6-7,10-12,14-17H2,2-4H3. The Hall–Kier alpha value is -2.01. The third-order valence-corrected chi connectivity index (χ3v) is 8.87. The average Bonchev–Trinajstić information content (AvgIpc) is 3.06. The Bertz CT molecular complexity index is 885. The van der Waals surface area contributed by atoms with Crippen molar-refractivity contribution in [3.8, 4) is 5.75 Å². The molecule has 2 aliphatic carbocycles. The van der Waals surface area contributed by atoms with Crippen LogP contribution < -0.4 is 9.64 Å². The molecule has 5 nitrogen and oxygen atoms in total. The van der Waals surface area contributed by atoms with Crippen molar-refractivity contribution in [3.63, 3.8) is 0 Å². The Morgan fingerprint density at radius 3 is 2.94 bits per heavy atom. The number of rotatable bonds is 4. The number of allylic oxidation sites excluding steroid dienone is 1. The van der Waals surface area contributed by atoms with Crippen molar-refractivity contribution >= 4 is 11.7 Å². The fourth-order valence-electron chi connectivity index (χ4n) is 7.11. The molecule has 2 heterocycles. The fourth-order valence-corrected chi connectivity index (χ4v) is 7.11. The maximum absolute atomic E-state index is 12.9.